The number of aliphatic carboxylic acids is 1. The minimum Gasteiger partial charge on any atom is -0.481 e. The van der Waals surface area contributed by atoms with Gasteiger partial charge in [-0.2, -0.15) is 0 Å². The molecule has 0 saturated carbocycles. The van der Waals surface area contributed by atoms with E-state index >= 15 is 0 Å². The van der Waals surface area contributed by atoms with Crippen molar-refractivity contribution in [3.63, 3.8) is 0 Å². The van der Waals surface area contributed by atoms with E-state index in [0.717, 1.165) is 0 Å². The molecule has 0 radical (unpaired) electrons. The van der Waals surface area contributed by atoms with E-state index in [9.17, 15) is 9.18 Å². The van der Waals surface area contributed by atoms with Crippen molar-refractivity contribution in [3.05, 3.63) is 0 Å². The summed E-state index contributed by atoms with van der Waals surface area (Å²) in [7, 11) is 1.76. The lowest BCUT2D eigenvalue weighted by atomic mass is 10.1. The van der Waals surface area contributed by atoms with E-state index in [1.165, 1.54) is 11.8 Å². The molecule has 2 atom stereocenters. The highest BCUT2D eigenvalue weighted by molar-refractivity contribution is 7.99. The third-order valence-corrected chi connectivity index (χ3v) is 3.35. The second-order valence-corrected chi connectivity index (χ2v) is 4.34. The van der Waals surface area contributed by atoms with Crippen molar-refractivity contribution >= 4 is 17.7 Å². The lowest BCUT2D eigenvalue weighted by Crippen LogP contribution is -2.33. The van der Waals surface area contributed by atoms with Crippen LogP contribution in [0.15, 0.2) is 0 Å². The number of hydrogen-bond donors (Lipinski definition) is 2. The molecule has 0 bridgehead atoms. The van der Waals surface area contributed by atoms with Crippen LogP contribution in [-0.4, -0.2) is 53.9 Å². The zero-order chi connectivity index (χ0) is 10.6. The Morgan fingerprint density at radius 1 is 1.71 bits per heavy atom. The van der Waals surface area contributed by atoms with Crippen molar-refractivity contribution in [2.45, 2.75) is 6.17 Å². The normalized spacial score (nSPS) is 28.1. The molecule has 0 aromatic heterocycles. The predicted octanol–water partition coefficient (Wildman–Crippen LogP) is 0.208. The molecule has 0 aromatic rings. The molecule has 1 fully saturated rings. The van der Waals surface area contributed by atoms with Gasteiger partial charge in [0.05, 0.1) is 5.75 Å². The van der Waals surface area contributed by atoms with Crippen LogP contribution >= 0.6 is 11.8 Å². The third-order valence-electron chi connectivity index (χ3n) is 2.23. The summed E-state index contributed by atoms with van der Waals surface area (Å²) < 4.78 is 13.3. The second-order valence-electron chi connectivity index (χ2n) is 3.31. The maximum Gasteiger partial charge on any atom is 0.313 e. The maximum atomic E-state index is 13.3. The van der Waals surface area contributed by atoms with E-state index in [0.29, 0.717) is 18.8 Å². The number of nitrogens with zero attached hydrogens (tertiary/aromatic N) is 1. The number of halogens is 1. The SMILES string of the molecule is CNN1CC(F)C(CSCC(=O)O)C1. The van der Waals surface area contributed by atoms with Crippen LogP contribution in [0.3, 0.4) is 0 Å². The van der Waals surface area contributed by atoms with Gasteiger partial charge in [-0.25, -0.2) is 9.40 Å². The molecule has 82 valence electrons. The van der Waals surface area contributed by atoms with E-state index < -0.39 is 12.1 Å². The molecule has 1 heterocycles. The molecule has 1 saturated heterocycles. The fraction of sp³-hybridized carbons (Fsp3) is 0.875. The van der Waals surface area contributed by atoms with E-state index in [-0.39, 0.29) is 11.7 Å². The molecule has 1 aliphatic heterocycles. The predicted molar refractivity (Wildman–Crippen MR) is 54.0 cm³/mol. The van der Waals surface area contributed by atoms with Crippen LogP contribution in [-0.2, 0) is 4.79 Å². The summed E-state index contributed by atoms with van der Waals surface area (Å²) in [5.74, 6) is -0.255. The minimum absolute atomic E-state index is 0.0493. The first-order valence-electron chi connectivity index (χ1n) is 4.49. The molecule has 0 aromatic carbocycles. The van der Waals surface area contributed by atoms with Crippen molar-refractivity contribution < 1.29 is 14.3 Å². The number of carboxylic acid groups (broad SMARTS) is 1. The van der Waals surface area contributed by atoms with Crippen LogP contribution in [0.5, 0.6) is 0 Å². The van der Waals surface area contributed by atoms with Crippen LogP contribution in [0.1, 0.15) is 0 Å². The smallest absolute Gasteiger partial charge is 0.313 e. The van der Waals surface area contributed by atoms with Crippen molar-refractivity contribution in [3.8, 4) is 0 Å². The van der Waals surface area contributed by atoms with Crippen LogP contribution in [0.2, 0.25) is 0 Å². The average Bonchev–Trinajstić information content (AvgIpc) is 2.47. The fourth-order valence-corrected chi connectivity index (χ4v) is 2.38. The first-order valence-corrected chi connectivity index (χ1v) is 5.65. The van der Waals surface area contributed by atoms with Crippen LogP contribution in [0, 0.1) is 5.92 Å². The van der Waals surface area contributed by atoms with E-state index in [1.807, 2.05) is 5.01 Å². The van der Waals surface area contributed by atoms with E-state index in [4.69, 9.17) is 5.11 Å². The lowest BCUT2D eigenvalue weighted by molar-refractivity contribution is -0.133. The van der Waals surface area contributed by atoms with Crippen molar-refractivity contribution in [2.24, 2.45) is 5.92 Å². The Kier molecular flexibility index (Phi) is 4.64. The first kappa shape index (κ1) is 11.7. The summed E-state index contributed by atoms with van der Waals surface area (Å²) >= 11 is 1.28. The highest BCUT2D eigenvalue weighted by Gasteiger charge is 2.31. The molecule has 2 unspecified atom stereocenters. The first-order chi connectivity index (χ1) is 6.63. The number of nitrogens with one attached hydrogen (secondary N) is 1. The van der Waals surface area contributed by atoms with E-state index in [2.05, 4.69) is 5.43 Å². The highest BCUT2D eigenvalue weighted by atomic mass is 32.2. The molecule has 0 spiro atoms. The molecule has 1 rings (SSSR count). The average molecular weight is 222 g/mol. The molecule has 0 aliphatic carbocycles. The number of carboxylic acids is 1. The maximum absolute atomic E-state index is 13.3. The topological polar surface area (TPSA) is 52.6 Å². The van der Waals surface area contributed by atoms with Gasteiger partial charge >= 0.3 is 5.97 Å². The summed E-state index contributed by atoms with van der Waals surface area (Å²) in [6.07, 6.45) is -0.844. The second kappa shape index (κ2) is 5.53. The Morgan fingerprint density at radius 2 is 2.43 bits per heavy atom. The van der Waals surface area contributed by atoms with Crippen LogP contribution in [0.4, 0.5) is 4.39 Å². The lowest BCUT2D eigenvalue weighted by Gasteiger charge is -2.12. The number of thioether (sulfide) groups is 1. The number of hydrogen-bond acceptors (Lipinski definition) is 4. The van der Waals surface area contributed by atoms with E-state index in [1.54, 1.807) is 7.05 Å². The molecule has 14 heavy (non-hydrogen) atoms. The summed E-state index contributed by atoms with van der Waals surface area (Å²) in [5, 5.41) is 10.2. The summed E-state index contributed by atoms with van der Waals surface area (Å²) in [6, 6.07) is 0. The molecule has 4 nitrogen and oxygen atoms in total. The van der Waals surface area contributed by atoms with Crippen molar-refractivity contribution in [1.82, 2.24) is 10.4 Å². The molecule has 1 aliphatic rings. The zero-order valence-electron chi connectivity index (χ0n) is 8.07. The number of hydrazine groups is 1. The quantitative estimate of drug-likeness (QED) is 0.696. The van der Waals surface area contributed by atoms with Gasteiger partial charge in [-0.05, 0) is 7.05 Å². The van der Waals surface area contributed by atoms with Gasteiger partial charge in [0.2, 0.25) is 0 Å². The Morgan fingerprint density at radius 3 is 2.93 bits per heavy atom. The number of alkyl halides is 1. The van der Waals surface area contributed by atoms with Crippen LogP contribution < -0.4 is 5.43 Å². The summed E-state index contributed by atoms with van der Waals surface area (Å²) in [6.45, 7) is 1.05. The molecular formula is C8H15FN2O2S. The summed E-state index contributed by atoms with van der Waals surface area (Å²) in [5.41, 5.74) is 2.89. The summed E-state index contributed by atoms with van der Waals surface area (Å²) in [4.78, 5) is 10.2. The van der Waals surface area contributed by atoms with Gasteiger partial charge in [-0.3, -0.25) is 10.2 Å². The molecular weight excluding hydrogens is 207 g/mol. The van der Waals surface area contributed by atoms with Gasteiger partial charge in [0.25, 0.3) is 0 Å². The van der Waals surface area contributed by atoms with Gasteiger partial charge in [0.15, 0.2) is 0 Å². The Hall–Kier alpha value is -0.330. The van der Waals surface area contributed by atoms with Gasteiger partial charge in [-0.1, -0.05) is 0 Å². The fourth-order valence-electron chi connectivity index (χ4n) is 1.47. The highest BCUT2D eigenvalue weighted by Crippen LogP contribution is 2.22. The van der Waals surface area contributed by atoms with Gasteiger partial charge in [0.1, 0.15) is 6.17 Å². The Labute approximate surface area is 86.8 Å². The Bertz CT molecular complexity index is 206. The van der Waals surface area contributed by atoms with Gasteiger partial charge < -0.3 is 5.11 Å². The molecule has 2 N–H and O–H groups in total. The Balaban J connectivity index is 2.21. The number of rotatable bonds is 5. The monoisotopic (exact) mass is 222 g/mol. The number of carbonyl (C=O) groups is 1. The van der Waals surface area contributed by atoms with Gasteiger partial charge in [-0.15, -0.1) is 11.8 Å². The van der Waals surface area contributed by atoms with Crippen molar-refractivity contribution in [1.29, 1.82) is 0 Å². The standard InChI is InChI=1S/C8H15FN2O2S/c1-10-11-2-6(7(9)3-11)4-14-5-8(12)13/h6-7,10H,2-5H2,1H3,(H,12,13). The molecule has 0 amide bonds. The van der Waals surface area contributed by atoms with Crippen LogP contribution in [0.25, 0.3) is 0 Å². The zero-order valence-corrected chi connectivity index (χ0v) is 8.89. The third kappa shape index (κ3) is 3.43. The molecule has 6 heteroatoms. The minimum atomic E-state index is -0.844. The largest absolute Gasteiger partial charge is 0.481 e. The van der Waals surface area contributed by atoms with Crippen molar-refractivity contribution in [2.75, 3.05) is 31.6 Å². The van der Waals surface area contributed by atoms with Gasteiger partial charge in [0, 0.05) is 24.8 Å².